The number of nitrogens with zero attached hydrogens (tertiary/aromatic N) is 4. The van der Waals surface area contributed by atoms with Crippen LogP contribution in [0.5, 0.6) is 11.5 Å². The molecule has 2 N–H and O–H groups in total. The Hall–Kier alpha value is -4.41. The van der Waals surface area contributed by atoms with E-state index < -0.39 is 11.9 Å². The van der Waals surface area contributed by atoms with Crippen LogP contribution in [0.4, 0.5) is 19.0 Å². The second-order valence-electron chi connectivity index (χ2n) is 7.79. The van der Waals surface area contributed by atoms with E-state index in [2.05, 4.69) is 20.3 Å². The summed E-state index contributed by atoms with van der Waals surface area (Å²) in [4.78, 5) is 12.7. The molecule has 0 atom stereocenters. The summed E-state index contributed by atoms with van der Waals surface area (Å²) in [5, 5.41) is 10.9. The zero-order chi connectivity index (χ0) is 25.9. The van der Waals surface area contributed by atoms with E-state index in [4.69, 9.17) is 14.9 Å². The number of rotatable bonds is 8. The molecular weight excluding hydrogens is 473 g/mol. The lowest BCUT2D eigenvalue weighted by Gasteiger charge is -2.14. The molecule has 0 aliphatic heterocycles. The molecule has 0 amide bonds. The molecule has 36 heavy (non-hydrogen) atoms. The van der Waals surface area contributed by atoms with Crippen LogP contribution < -0.4 is 14.8 Å². The fourth-order valence-electron chi connectivity index (χ4n) is 3.66. The number of aromatic nitrogens is 4. The summed E-state index contributed by atoms with van der Waals surface area (Å²) in [5.41, 5.74) is 1.55. The highest BCUT2D eigenvalue weighted by Gasteiger charge is 2.34. The first-order valence-electron chi connectivity index (χ1n) is 10.8. The standard InChI is InChI=1S/C25H23F3N6O2/c1-34-14-20(25(26,27)28)32-24(34)16-9-7-15(8-10-16)12-30-22-17(11-29)13-31-23(33-22)21-18(35-2)5-4-6-19(21)36-3/h4-11,13-14,29H,12H2,1-3H3,(H,30,31,33). The molecule has 0 bridgehead atoms. The van der Waals surface area contributed by atoms with Crippen molar-refractivity contribution in [3.05, 3.63) is 71.7 Å². The lowest BCUT2D eigenvalue weighted by Crippen LogP contribution is -2.07. The van der Waals surface area contributed by atoms with Gasteiger partial charge in [-0.1, -0.05) is 30.3 Å². The Bertz CT molecular complexity index is 1360. The molecule has 2 aromatic carbocycles. The van der Waals surface area contributed by atoms with Crippen LogP contribution in [0.2, 0.25) is 0 Å². The molecule has 0 aliphatic carbocycles. The molecule has 0 unspecified atom stereocenters. The van der Waals surface area contributed by atoms with E-state index in [9.17, 15) is 13.2 Å². The van der Waals surface area contributed by atoms with Crippen LogP contribution in [0.25, 0.3) is 22.8 Å². The molecule has 4 aromatic rings. The fraction of sp³-hybridized carbons (Fsp3) is 0.200. The van der Waals surface area contributed by atoms with Gasteiger partial charge >= 0.3 is 6.18 Å². The number of nitrogens with one attached hydrogen (secondary N) is 2. The Balaban J connectivity index is 1.57. The number of hydrogen-bond acceptors (Lipinski definition) is 7. The lowest BCUT2D eigenvalue weighted by molar-refractivity contribution is -0.140. The first-order chi connectivity index (χ1) is 17.2. The largest absolute Gasteiger partial charge is 0.496 e. The Labute approximate surface area is 205 Å². The molecule has 0 saturated carbocycles. The summed E-state index contributed by atoms with van der Waals surface area (Å²) < 4.78 is 51.2. The van der Waals surface area contributed by atoms with Crippen molar-refractivity contribution in [1.29, 1.82) is 5.41 Å². The van der Waals surface area contributed by atoms with Gasteiger partial charge in [-0.25, -0.2) is 15.0 Å². The lowest BCUT2D eigenvalue weighted by atomic mass is 10.1. The van der Waals surface area contributed by atoms with Crippen LogP contribution in [0.3, 0.4) is 0 Å². The van der Waals surface area contributed by atoms with Crippen LogP contribution in [-0.4, -0.2) is 40.0 Å². The fourth-order valence-corrected chi connectivity index (χ4v) is 3.66. The summed E-state index contributed by atoms with van der Waals surface area (Å²) in [5.74, 6) is 2.11. The molecule has 11 heteroatoms. The first kappa shape index (κ1) is 24.7. The highest BCUT2D eigenvalue weighted by Crippen LogP contribution is 2.37. The predicted molar refractivity (Wildman–Crippen MR) is 129 cm³/mol. The van der Waals surface area contributed by atoms with Crippen molar-refractivity contribution in [3.8, 4) is 34.3 Å². The van der Waals surface area contributed by atoms with Crippen molar-refractivity contribution in [2.45, 2.75) is 12.7 Å². The quantitative estimate of drug-likeness (QED) is 0.326. The Morgan fingerprint density at radius 1 is 1.03 bits per heavy atom. The van der Waals surface area contributed by atoms with Crippen molar-refractivity contribution < 1.29 is 22.6 Å². The van der Waals surface area contributed by atoms with Gasteiger partial charge in [0.1, 0.15) is 28.7 Å². The van der Waals surface area contributed by atoms with Crippen LogP contribution in [0.1, 0.15) is 16.8 Å². The van der Waals surface area contributed by atoms with Crippen molar-refractivity contribution >= 4 is 12.0 Å². The van der Waals surface area contributed by atoms with Crippen LogP contribution in [0, 0.1) is 5.41 Å². The van der Waals surface area contributed by atoms with Crippen LogP contribution in [-0.2, 0) is 19.8 Å². The number of aryl methyl sites for hydroxylation is 1. The highest BCUT2D eigenvalue weighted by molar-refractivity contribution is 5.85. The van der Waals surface area contributed by atoms with E-state index in [-0.39, 0.29) is 5.82 Å². The van der Waals surface area contributed by atoms with Gasteiger partial charge < -0.3 is 24.8 Å². The van der Waals surface area contributed by atoms with Crippen molar-refractivity contribution in [1.82, 2.24) is 19.5 Å². The van der Waals surface area contributed by atoms with E-state index >= 15 is 0 Å². The monoisotopic (exact) mass is 496 g/mol. The number of ether oxygens (including phenoxy) is 2. The van der Waals surface area contributed by atoms with Crippen molar-refractivity contribution in [2.24, 2.45) is 7.05 Å². The number of methoxy groups -OCH3 is 2. The van der Waals surface area contributed by atoms with Gasteiger partial charge in [-0.3, -0.25) is 0 Å². The molecule has 8 nitrogen and oxygen atoms in total. The van der Waals surface area contributed by atoms with Gasteiger partial charge in [0.2, 0.25) is 0 Å². The van der Waals surface area contributed by atoms with E-state index in [1.165, 1.54) is 17.8 Å². The molecule has 2 aromatic heterocycles. The zero-order valence-electron chi connectivity index (χ0n) is 19.7. The molecular formula is C25H23F3N6O2. The minimum absolute atomic E-state index is 0.221. The summed E-state index contributed by atoms with van der Waals surface area (Å²) in [6.45, 7) is 0.356. The van der Waals surface area contributed by atoms with E-state index in [0.29, 0.717) is 46.4 Å². The molecule has 0 aliphatic rings. The molecule has 186 valence electrons. The molecule has 0 spiro atoms. The topological polar surface area (TPSA) is 97.9 Å². The normalized spacial score (nSPS) is 11.3. The third-order valence-electron chi connectivity index (χ3n) is 5.46. The summed E-state index contributed by atoms with van der Waals surface area (Å²) in [6, 6.07) is 12.4. The van der Waals surface area contributed by atoms with Gasteiger partial charge in [-0.15, -0.1) is 0 Å². The second kappa shape index (κ2) is 10.1. The molecule has 4 rings (SSSR count). The van der Waals surface area contributed by atoms with Crippen molar-refractivity contribution in [2.75, 3.05) is 19.5 Å². The average Bonchev–Trinajstić information content (AvgIpc) is 3.29. The number of benzene rings is 2. The number of halogens is 3. The summed E-state index contributed by atoms with van der Waals surface area (Å²) >= 11 is 0. The molecule has 0 saturated heterocycles. The zero-order valence-corrected chi connectivity index (χ0v) is 19.7. The Morgan fingerprint density at radius 3 is 2.25 bits per heavy atom. The van der Waals surface area contributed by atoms with Gasteiger partial charge in [0.25, 0.3) is 0 Å². The SMILES string of the molecule is COc1cccc(OC)c1-c1ncc(C=N)c(NCc2ccc(-c3nc(C(F)(F)F)cn3C)cc2)n1. The van der Waals surface area contributed by atoms with Gasteiger partial charge in [-0.05, 0) is 17.7 Å². The second-order valence-corrected chi connectivity index (χ2v) is 7.79. The summed E-state index contributed by atoms with van der Waals surface area (Å²) in [7, 11) is 4.61. The number of anilines is 1. The number of alkyl halides is 3. The average molecular weight is 496 g/mol. The Kier molecular flexibility index (Phi) is 6.91. The maximum atomic E-state index is 13.0. The summed E-state index contributed by atoms with van der Waals surface area (Å²) in [6.07, 6.45) is -0.857. The van der Waals surface area contributed by atoms with Gasteiger partial charge in [0.15, 0.2) is 11.5 Å². The van der Waals surface area contributed by atoms with Crippen LogP contribution in [0.15, 0.2) is 54.9 Å². The smallest absolute Gasteiger partial charge is 0.434 e. The molecule has 0 fully saturated rings. The minimum Gasteiger partial charge on any atom is -0.496 e. The van der Waals surface area contributed by atoms with E-state index in [0.717, 1.165) is 18.0 Å². The third-order valence-corrected chi connectivity index (χ3v) is 5.46. The third kappa shape index (κ3) is 4.99. The maximum absolute atomic E-state index is 13.0. The predicted octanol–water partition coefficient (Wildman–Crippen LogP) is 5.19. The molecule has 2 heterocycles. The minimum atomic E-state index is -4.50. The highest BCUT2D eigenvalue weighted by atomic mass is 19.4. The first-order valence-corrected chi connectivity index (χ1v) is 10.8. The number of imidazole rings is 1. The van der Waals surface area contributed by atoms with Gasteiger partial charge in [0.05, 0.1) is 19.8 Å². The molecule has 0 radical (unpaired) electrons. The van der Waals surface area contributed by atoms with E-state index in [1.807, 2.05) is 0 Å². The maximum Gasteiger partial charge on any atom is 0.434 e. The number of hydrogen-bond donors (Lipinski definition) is 2. The van der Waals surface area contributed by atoms with Gasteiger partial charge in [-0.2, -0.15) is 13.2 Å². The van der Waals surface area contributed by atoms with E-state index in [1.54, 1.807) is 56.7 Å². The van der Waals surface area contributed by atoms with Crippen LogP contribution >= 0.6 is 0 Å². The Morgan fingerprint density at radius 2 is 1.69 bits per heavy atom. The van der Waals surface area contributed by atoms with Crippen molar-refractivity contribution in [3.63, 3.8) is 0 Å². The van der Waals surface area contributed by atoms with Gasteiger partial charge in [0, 0.05) is 37.8 Å².